The molecule has 1 amide bonds. The fraction of sp³-hybridized carbons (Fsp3) is 0.510. The van der Waals surface area contributed by atoms with Crippen LogP contribution in [-0.4, -0.2) is 116 Å². The molecule has 2 aliphatic heterocycles. The molecule has 18 nitrogen and oxygen atoms in total. The maximum Gasteiger partial charge on any atom is 0.312 e. The van der Waals surface area contributed by atoms with Gasteiger partial charge in [-0.05, 0) is 98.8 Å². The third-order valence-corrected chi connectivity index (χ3v) is 16.4. The minimum Gasteiger partial charge on any atom is -0.478 e. The predicted molar refractivity (Wildman–Crippen MR) is 264 cm³/mol. The number of H-pyrrole nitrogens is 1. The van der Waals surface area contributed by atoms with Gasteiger partial charge in [-0.1, -0.05) is 38.1 Å². The normalized spacial score (nSPS) is 22.9. The number of aromatic nitrogens is 3. The minimum atomic E-state index is -4.74. The zero-order valence-corrected chi connectivity index (χ0v) is 41.6. The zero-order valence-electron chi connectivity index (χ0n) is 40.8. The molecule has 380 valence electrons. The number of aromatic amines is 1. The molecule has 3 aromatic heterocycles. The maximum absolute atomic E-state index is 14.9. The first-order chi connectivity index (χ1) is 33.9. The van der Waals surface area contributed by atoms with Gasteiger partial charge in [-0.3, -0.25) is 19.8 Å². The molecule has 20 heteroatoms. The molecule has 2 aromatic carbocycles. The molecule has 0 unspecified atom stereocenters. The number of ether oxygens (including phenoxy) is 4. The number of carbonyl (C=O) groups excluding carboxylic acids is 1. The van der Waals surface area contributed by atoms with Crippen LogP contribution in [0.4, 0.5) is 21.6 Å². The van der Waals surface area contributed by atoms with Gasteiger partial charge >= 0.3 is 5.69 Å². The van der Waals surface area contributed by atoms with Crippen molar-refractivity contribution in [2.75, 3.05) is 63.8 Å². The van der Waals surface area contributed by atoms with Crippen LogP contribution in [0.15, 0.2) is 71.9 Å². The van der Waals surface area contributed by atoms with E-state index >= 15 is 0 Å². The number of aliphatic hydroxyl groups is 1. The van der Waals surface area contributed by atoms with Gasteiger partial charge in [0.15, 0.2) is 5.75 Å². The first kappa shape index (κ1) is 50.0. The van der Waals surface area contributed by atoms with Crippen LogP contribution in [0, 0.1) is 27.3 Å². The number of rotatable bonds is 16. The van der Waals surface area contributed by atoms with Crippen molar-refractivity contribution in [1.29, 1.82) is 0 Å². The predicted octanol–water partition coefficient (Wildman–Crippen LogP) is 8.24. The summed E-state index contributed by atoms with van der Waals surface area (Å²) < 4.78 is 68.3. The van der Waals surface area contributed by atoms with Gasteiger partial charge in [0.25, 0.3) is 21.8 Å². The van der Waals surface area contributed by atoms with Crippen molar-refractivity contribution in [2.24, 2.45) is 11.3 Å². The molecule has 4 aliphatic rings. The highest BCUT2D eigenvalue weighted by Crippen LogP contribution is 2.54. The van der Waals surface area contributed by atoms with E-state index in [4.69, 9.17) is 18.9 Å². The highest BCUT2D eigenvalue weighted by atomic mass is 32.2. The SMILES string of the molecule is COC[C@@H]1CN(C2CC3(CCN(c4ccc(C(=O)NS(=O)(=O)c5cnc(NCC6CCC(C)(O)CC6)c([N+](=O)[O-])c5)c(Oc5cc6c(F)c[nH]c6nc5OC)c4)CC3)C2)[C@H](c2ccccc2C(C)C)CO1. The number of amides is 1. The number of fused-ring (bicyclic) bond motifs is 1. The number of halogens is 1. The molecule has 5 aromatic rings. The van der Waals surface area contributed by atoms with E-state index in [0.29, 0.717) is 76.2 Å². The number of carbonyl (C=O) groups is 1. The molecule has 0 bridgehead atoms. The lowest BCUT2D eigenvalue weighted by atomic mass is 9.59. The molecule has 2 atom stereocenters. The van der Waals surface area contributed by atoms with E-state index in [1.54, 1.807) is 26.2 Å². The van der Waals surface area contributed by atoms with E-state index in [2.05, 4.69) is 68.2 Å². The largest absolute Gasteiger partial charge is 0.478 e. The van der Waals surface area contributed by atoms with Crippen LogP contribution in [0.5, 0.6) is 17.4 Å². The quantitative estimate of drug-likeness (QED) is 0.0540. The molecular formula is C51H63FN8O10S. The highest BCUT2D eigenvalue weighted by Gasteiger charge is 2.50. The van der Waals surface area contributed by atoms with E-state index in [1.165, 1.54) is 30.4 Å². The average molecular weight is 999 g/mol. The second kappa shape index (κ2) is 20.3. The summed E-state index contributed by atoms with van der Waals surface area (Å²) in [5.74, 6) is -1.40. The first-order valence-corrected chi connectivity index (χ1v) is 25.8. The number of anilines is 2. The molecule has 4 N–H and O–H groups in total. The van der Waals surface area contributed by atoms with Gasteiger partial charge in [-0.15, -0.1) is 0 Å². The summed E-state index contributed by atoms with van der Waals surface area (Å²) in [5, 5.41) is 25.6. The number of hydrogen-bond donors (Lipinski definition) is 4. The Balaban J connectivity index is 0.933. The minimum absolute atomic E-state index is 0.00682. The van der Waals surface area contributed by atoms with Crippen molar-refractivity contribution in [1.82, 2.24) is 24.6 Å². The number of hydrogen-bond acceptors (Lipinski definition) is 15. The summed E-state index contributed by atoms with van der Waals surface area (Å²) >= 11 is 0. The molecule has 9 rings (SSSR count). The van der Waals surface area contributed by atoms with Gasteiger partial charge < -0.3 is 39.3 Å². The molecule has 1 spiro atoms. The van der Waals surface area contributed by atoms with Crippen LogP contribution in [0.3, 0.4) is 0 Å². The average Bonchev–Trinajstić information content (AvgIpc) is 3.70. The summed E-state index contributed by atoms with van der Waals surface area (Å²) in [6, 6.07) is 16.3. The van der Waals surface area contributed by atoms with Crippen molar-refractivity contribution in [3.8, 4) is 17.4 Å². The van der Waals surface area contributed by atoms with E-state index in [0.717, 1.165) is 50.7 Å². The van der Waals surface area contributed by atoms with E-state index in [1.807, 2.05) is 4.72 Å². The number of piperidine rings is 1. The van der Waals surface area contributed by atoms with E-state index < -0.39 is 42.9 Å². The maximum atomic E-state index is 14.9. The van der Waals surface area contributed by atoms with Gasteiger partial charge in [0, 0.05) is 69.4 Å². The Labute approximate surface area is 412 Å². The number of pyridine rings is 2. The van der Waals surface area contributed by atoms with E-state index in [-0.39, 0.29) is 63.3 Å². The Bertz CT molecular complexity index is 2870. The Morgan fingerprint density at radius 2 is 1.82 bits per heavy atom. The number of morpholine rings is 1. The molecule has 5 heterocycles. The third-order valence-electron chi connectivity index (χ3n) is 15.1. The number of benzene rings is 2. The van der Waals surface area contributed by atoms with Crippen molar-refractivity contribution >= 4 is 44.2 Å². The highest BCUT2D eigenvalue weighted by molar-refractivity contribution is 7.90. The van der Waals surface area contributed by atoms with E-state index in [9.17, 15) is 32.8 Å². The smallest absolute Gasteiger partial charge is 0.312 e. The van der Waals surface area contributed by atoms with Crippen LogP contribution < -0.4 is 24.4 Å². The number of nitrogens with one attached hydrogen (secondary N) is 3. The van der Waals surface area contributed by atoms with Crippen molar-refractivity contribution < 1.29 is 46.6 Å². The molecule has 4 fully saturated rings. The molecule has 71 heavy (non-hydrogen) atoms. The second-order valence-corrected chi connectivity index (χ2v) is 22.0. The zero-order chi connectivity index (χ0) is 50.2. The number of methoxy groups -OCH3 is 2. The number of nitrogens with zero attached hydrogens (tertiary/aromatic N) is 5. The summed E-state index contributed by atoms with van der Waals surface area (Å²) in [6.07, 6.45) is 8.65. The molecule has 0 radical (unpaired) electrons. The number of nitro groups is 1. The molecule has 2 aliphatic carbocycles. The van der Waals surface area contributed by atoms with Crippen LogP contribution in [0.25, 0.3) is 11.0 Å². The standard InChI is InChI=1S/C51H63FN8O10S/c1-31(2)37-8-6-7-9-38(37)43-30-69-35(29-67-4)28-59(43)34-23-51(24-34)16-18-58(19-17-51)33-10-11-39(44(20-33)70-45-22-40-41(52)27-55-46(40)56-49(45)68-5)48(61)57-71(65,66)36-21-42(60(63)64)47(54-26-36)53-25-32-12-14-50(3,62)15-13-32/h6-11,20-22,26-27,31-32,34-35,43,62H,12-19,23-25,28-30H2,1-5H3,(H,53,54)(H,55,56)(H,57,61)/t32?,35-,43-,50?/m0/s1. The van der Waals surface area contributed by atoms with Crippen LogP contribution in [0.2, 0.25) is 0 Å². The van der Waals surface area contributed by atoms with Gasteiger partial charge in [0.1, 0.15) is 22.1 Å². The Hall–Kier alpha value is -5.93. The van der Waals surface area contributed by atoms with Crippen molar-refractivity contribution in [2.45, 2.75) is 107 Å². The molecule has 2 saturated carbocycles. The second-order valence-electron chi connectivity index (χ2n) is 20.3. The van der Waals surface area contributed by atoms with Gasteiger partial charge in [0.05, 0.1) is 60.1 Å². The fourth-order valence-electron chi connectivity index (χ4n) is 11.0. The van der Waals surface area contributed by atoms with Gasteiger partial charge in [-0.25, -0.2) is 22.5 Å². The third kappa shape index (κ3) is 10.7. The van der Waals surface area contributed by atoms with Gasteiger partial charge in [-0.2, -0.15) is 4.98 Å². The summed E-state index contributed by atoms with van der Waals surface area (Å²) in [6.45, 7) is 9.94. The topological polar surface area (TPSA) is 224 Å². The fourth-order valence-corrected chi connectivity index (χ4v) is 11.9. The Kier molecular flexibility index (Phi) is 14.3. The molecule has 2 saturated heterocycles. The van der Waals surface area contributed by atoms with Crippen molar-refractivity contribution in [3.05, 3.63) is 99.6 Å². The summed E-state index contributed by atoms with van der Waals surface area (Å²) in [4.78, 5) is 41.0. The Morgan fingerprint density at radius 1 is 1.07 bits per heavy atom. The Morgan fingerprint density at radius 3 is 2.52 bits per heavy atom. The monoisotopic (exact) mass is 998 g/mol. The lowest BCUT2D eigenvalue weighted by Gasteiger charge is -2.58. The number of sulfonamides is 1. The van der Waals surface area contributed by atoms with Gasteiger partial charge in [0.2, 0.25) is 5.82 Å². The lowest BCUT2D eigenvalue weighted by Crippen LogP contribution is -2.59. The van der Waals surface area contributed by atoms with Crippen molar-refractivity contribution in [3.63, 3.8) is 0 Å². The van der Waals surface area contributed by atoms with Crippen LogP contribution in [-0.2, 0) is 19.5 Å². The van der Waals surface area contributed by atoms with Crippen LogP contribution >= 0.6 is 0 Å². The lowest BCUT2D eigenvalue weighted by molar-refractivity contribution is -0.384. The first-order valence-electron chi connectivity index (χ1n) is 24.4. The summed E-state index contributed by atoms with van der Waals surface area (Å²) in [7, 11) is -1.66. The van der Waals surface area contributed by atoms with Crippen LogP contribution in [0.1, 0.15) is 106 Å². The molecular weight excluding hydrogens is 936 g/mol. The summed E-state index contributed by atoms with van der Waals surface area (Å²) in [5.41, 5.74) is 2.20.